The van der Waals surface area contributed by atoms with Gasteiger partial charge in [0.2, 0.25) is 0 Å². The van der Waals surface area contributed by atoms with Crippen LogP contribution in [0.25, 0.3) is 0 Å². The first-order valence-electron chi connectivity index (χ1n) is 8.37. The molecule has 3 nitrogen and oxygen atoms in total. The monoisotopic (exact) mass is 268 g/mol. The van der Waals surface area contributed by atoms with Crippen LogP contribution in [0, 0.1) is 5.92 Å². The zero-order valence-corrected chi connectivity index (χ0v) is 12.9. The SMILES string of the molecule is CCN1CCOC(CN[C@@H](C)C2CCCCCC2)C1. The predicted molar refractivity (Wildman–Crippen MR) is 80.5 cm³/mol. The summed E-state index contributed by atoms with van der Waals surface area (Å²) in [6, 6.07) is 0.652. The molecule has 1 saturated carbocycles. The minimum atomic E-state index is 0.391. The molecule has 0 bridgehead atoms. The highest BCUT2D eigenvalue weighted by Gasteiger charge is 2.22. The summed E-state index contributed by atoms with van der Waals surface area (Å²) in [4.78, 5) is 2.49. The average Bonchev–Trinajstić information content (AvgIpc) is 2.74. The van der Waals surface area contributed by atoms with Gasteiger partial charge in [-0.15, -0.1) is 0 Å². The van der Waals surface area contributed by atoms with E-state index in [1.165, 1.54) is 38.5 Å². The lowest BCUT2D eigenvalue weighted by Gasteiger charge is -2.33. The molecule has 1 N–H and O–H groups in total. The van der Waals surface area contributed by atoms with Crippen LogP contribution in [0.15, 0.2) is 0 Å². The third-order valence-corrected chi connectivity index (χ3v) is 4.94. The van der Waals surface area contributed by atoms with Gasteiger partial charge in [0, 0.05) is 25.7 Å². The van der Waals surface area contributed by atoms with Crippen LogP contribution in [0.1, 0.15) is 52.4 Å². The maximum Gasteiger partial charge on any atom is 0.0826 e. The van der Waals surface area contributed by atoms with E-state index >= 15 is 0 Å². The van der Waals surface area contributed by atoms with Gasteiger partial charge in [-0.2, -0.15) is 0 Å². The highest BCUT2D eigenvalue weighted by Crippen LogP contribution is 2.25. The van der Waals surface area contributed by atoms with Crippen LogP contribution in [-0.2, 0) is 4.74 Å². The van der Waals surface area contributed by atoms with Gasteiger partial charge in [0.15, 0.2) is 0 Å². The van der Waals surface area contributed by atoms with E-state index in [2.05, 4.69) is 24.1 Å². The highest BCUT2D eigenvalue weighted by molar-refractivity contribution is 4.78. The van der Waals surface area contributed by atoms with Crippen molar-refractivity contribution in [3.63, 3.8) is 0 Å². The van der Waals surface area contributed by atoms with Gasteiger partial charge < -0.3 is 10.1 Å². The van der Waals surface area contributed by atoms with Crippen LogP contribution in [0.4, 0.5) is 0 Å². The zero-order valence-electron chi connectivity index (χ0n) is 12.9. The van der Waals surface area contributed by atoms with Gasteiger partial charge in [0.25, 0.3) is 0 Å². The van der Waals surface area contributed by atoms with E-state index in [0.717, 1.165) is 38.7 Å². The molecule has 0 amide bonds. The Hall–Kier alpha value is -0.120. The molecule has 2 fully saturated rings. The fraction of sp³-hybridized carbons (Fsp3) is 1.00. The normalized spacial score (nSPS) is 29.1. The van der Waals surface area contributed by atoms with E-state index in [1.807, 2.05) is 0 Å². The molecule has 2 atom stereocenters. The summed E-state index contributed by atoms with van der Waals surface area (Å²) >= 11 is 0. The molecular weight excluding hydrogens is 236 g/mol. The molecule has 19 heavy (non-hydrogen) atoms. The van der Waals surface area contributed by atoms with Crippen molar-refractivity contribution >= 4 is 0 Å². The summed E-state index contributed by atoms with van der Waals surface area (Å²) in [6.07, 6.45) is 8.98. The van der Waals surface area contributed by atoms with E-state index in [-0.39, 0.29) is 0 Å². The molecule has 2 rings (SSSR count). The first kappa shape index (κ1) is 15.3. The Morgan fingerprint density at radius 1 is 1.21 bits per heavy atom. The lowest BCUT2D eigenvalue weighted by atomic mass is 9.93. The molecule has 2 aliphatic rings. The fourth-order valence-corrected chi connectivity index (χ4v) is 3.49. The molecule has 1 heterocycles. The summed E-state index contributed by atoms with van der Waals surface area (Å²) < 4.78 is 5.87. The predicted octanol–water partition coefficient (Wildman–Crippen LogP) is 2.66. The Balaban J connectivity index is 1.68. The minimum absolute atomic E-state index is 0.391. The Morgan fingerprint density at radius 2 is 1.95 bits per heavy atom. The van der Waals surface area contributed by atoms with Crippen molar-refractivity contribution in [2.45, 2.75) is 64.5 Å². The maximum atomic E-state index is 5.87. The van der Waals surface area contributed by atoms with Crippen molar-refractivity contribution in [2.24, 2.45) is 5.92 Å². The Labute approximate surface area is 119 Å². The number of likely N-dealkylation sites (N-methyl/N-ethyl adjacent to an activating group) is 1. The van der Waals surface area contributed by atoms with Crippen molar-refractivity contribution in [3.8, 4) is 0 Å². The maximum absolute atomic E-state index is 5.87. The van der Waals surface area contributed by atoms with Gasteiger partial charge in [-0.25, -0.2) is 0 Å². The molecule has 0 aromatic carbocycles. The molecule has 1 unspecified atom stereocenters. The number of hydrogen-bond donors (Lipinski definition) is 1. The largest absolute Gasteiger partial charge is 0.374 e. The topological polar surface area (TPSA) is 24.5 Å². The summed E-state index contributed by atoms with van der Waals surface area (Å²) in [5.41, 5.74) is 0. The molecule has 0 radical (unpaired) electrons. The molecule has 112 valence electrons. The smallest absolute Gasteiger partial charge is 0.0826 e. The van der Waals surface area contributed by atoms with Crippen molar-refractivity contribution in [2.75, 3.05) is 32.8 Å². The van der Waals surface area contributed by atoms with Crippen molar-refractivity contribution < 1.29 is 4.74 Å². The quantitative estimate of drug-likeness (QED) is 0.776. The van der Waals surface area contributed by atoms with Crippen molar-refractivity contribution in [1.82, 2.24) is 10.2 Å². The van der Waals surface area contributed by atoms with E-state index in [4.69, 9.17) is 4.74 Å². The summed E-state index contributed by atoms with van der Waals surface area (Å²) in [6.45, 7) is 9.89. The molecule has 0 aromatic heterocycles. The van der Waals surface area contributed by atoms with E-state index in [0.29, 0.717) is 12.1 Å². The first-order valence-corrected chi connectivity index (χ1v) is 8.37. The molecule has 3 heteroatoms. The number of rotatable bonds is 5. The lowest BCUT2D eigenvalue weighted by Crippen LogP contribution is -2.48. The molecule has 1 saturated heterocycles. The van der Waals surface area contributed by atoms with E-state index in [1.54, 1.807) is 0 Å². The van der Waals surface area contributed by atoms with Crippen LogP contribution in [-0.4, -0.2) is 49.8 Å². The van der Waals surface area contributed by atoms with Crippen LogP contribution >= 0.6 is 0 Å². The number of hydrogen-bond acceptors (Lipinski definition) is 3. The lowest BCUT2D eigenvalue weighted by molar-refractivity contribution is -0.0269. The zero-order chi connectivity index (χ0) is 13.5. The summed E-state index contributed by atoms with van der Waals surface area (Å²) in [5.74, 6) is 0.883. The van der Waals surface area contributed by atoms with Crippen LogP contribution in [0.2, 0.25) is 0 Å². The second-order valence-corrected chi connectivity index (χ2v) is 6.33. The first-order chi connectivity index (χ1) is 9.29. The Morgan fingerprint density at radius 3 is 2.63 bits per heavy atom. The molecule has 1 aliphatic carbocycles. The highest BCUT2D eigenvalue weighted by atomic mass is 16.5. The number of nitrogens with zero attached hydrogens (tertiary/aromatic N) is 1. The van der Waals surface area contributed by atoms with Crippen molar-refractivity contribution in [1.29, 1.82) is 0 Å². The standard InChI is InChI=1S/C16H32N2O/c1-3-18-10-11-19-16(13-18)12-17-14(2)15-8-6-4-5-7-9-15/h14-17H,3-13H2,1-2H3/t14-,16?/m0/s1. The molecule has 0 aromatic rings. The van der Waals surface area contributed by atoms with E-state index < -0.39 is 0 Å². The van der Waals surface area contributed by atoms with E-state index in [9.17, 15) is 0 Å². The third-order valence-electron chi connectivity index (χ3n) is 4.94. The van der Waals surface area contributed by atoms with Gasteiger partial charge in [-0.05, 0) is 32.2 Å². The van der Waals surface area contributed by atoms with Gasteiger partial charge in [0.1, 0.15) is 0 Å². The van der Waals surface area contributed by atoms with Crippen molar-refractivity contribution in [3.05, 3.63) is 0 Å². The summed E-state index contributed by atoms with van der Waals surface area (Å²) in [5, 5.41) is 3.74. The minimum Gasteiger partial charge on any atom is -0.374 e. The Bertz CT molecular complexity index is 239. The molecular formula is C16H32N2O. The van der Waals surface area contributed by atoms with Gasteiger partial charge in [0.05, 0.1) is 12.7 Å². The van der Waals surface area contributed by atoms with Crippen LogP contribution < -0.4 is 5.32 Å². The van der Waals surface area contributed by atoms with Crippen LogP contribution in [0.5, 0.6) is 0 Å². The number of ether oxygens (including phenoxy) is 1. The molecule has 1 aliphatic heterocycles. The molecule has 0 spiro atoms. The summed E-state index contributed by atoms with van der Waals surface area (Å²) in [7, 11) is 0. The third kappa shape index (κ3) is 5.05. The average molecular weight is 268 g/mol. The van der Waals surface area contributed by atoms with Gasteiger partial charge in [-0.1, -0.05) is 32.6 Å². The second-order valence-electron chi connectivity index (χ2n) is 6.33. The Kier molecular flexibility index (Phi) is 6.62. The number of morpholine rings is 1. The fourth-order valence-electron chi connectivity index (χ4n) is 3.49. The number of nitrogens with one attached hydrogen (secondary N) is 1. The van der Waals surface area contributed by atoms with Crippen LogP contribution in [0.3, 0.4) is 0 Å². The van der Waals surface area contributed by atoms with Gasteiger partial charge >= 0.3 is 0 Å². The van der Waals surface area contributed by atoms with Gasteiger partial charge in [-0.3, -0.25) is 4.90 Å². The second kappa shape index (κ2) is 8.23.